The summed E-state index contributed by atoms with van der Waals surface area (Å²) in [7, 11) is 1.38. The zero-order valence-electron chi connectivity index (χ0n) is 9.06. The lowest BCUT2D eigenvalue weighted by molar-refractivity contribution is -0.145. The molecule has 0 aromatic carbocycles. The van der Waals surface area contributed by atoms with E-state index >= 15 is 0 Å². The Hall–Kier alpha value is -1.32. The monoisotopic (exact) mass is 212 g/mol. The summed E-state index contributed by atoms with van der Waals surface area (Å²) >= 11 is 0. The molecular weight excluding hydrogens is 196 g/mol. The topological polar surface area (TPSA) is 52.6 Å². The minimum Gasteiger partial charge on any atom is -0.469 e. The lowest BCUT2D eigenvalue weighted by Crippen LogP contribution is -2.23. The molecule has 0 radical (unpaired) electrons. The van der Waals surface area contributed by atoms with E-state index in [1.807, 2.05) is 12.2 Å². The van der Waals surface area contributed by atoms with E-state index in [9.17, 15) is 9.59 Å². The van der Waals surface area contributed by atoms with Gasteiger partial charge in [-0.2, -0.15) is 0 Å². The summed E-state index contributed by atoms with van der Waals surface area (Å²) in [5, 5.41) is 0. The zero-order chi connectivity index (χ0) is 11.3. The van der Waals surface area contributed by atoms with Crippen LogP contribution >= 0.6 is 0 Å². The Morgan fingerprint density at radius 1 is 1.47 bits per heavy atom. The van der Waals surface area contributed by atoms with Gasteiger partial charge in [0.15, 0.2) is 0 Å². The quantitative estimate of drug-likeness (QED) is 0.525. The molecule has 0 aliphatic heterocycles. The predicted molar refractivity (Wildman–Crippen MR) is 54.1 cm³/mol. The van der Waals surface area contributed by atoms with Crippen molar-refractivity contribution in [3.05, 3.63) is 12.2 Å². The van der Waals surface area contributed by atoms with Crippen molar-refractivity contribution >= 4 is 11.9 Å². The molecule has 0 fully saturated rings. The number of allylic oxidation sites excluding steroid dienone is 1. The summed E-state index contributed by atoms with van der Waals surface area (Å²) in [6.07, 6.45) is 5.56. The zero-order valence-corrected chi connectivity index (χ0v) is 9.06. The van der Waals surface area contributed by atoms with Gasteiger partial charge in [-0.05, 0) is 24.8 Å². The Bertz CT molecular complexity index is 270. The number of methoxy groups -OCH3 is 1. The Balaban J connectivity index is 2.41. The highest BCUT2D eigenvalue weighted by molar-refractivity contribution is 5.69. The average Bonchev–Trinajstić information content (AvgIpc) is 2.17. The number of esters is 2. The largest absolute Gasteiger partial charge is 0.469 e. The summed E-state index contributed by atoms with van der Waals surface area (Å²) in [5.41, 5.74) is 0. The molecular formula is C11H16O4. The van der Waals surface area contributed by atoms with E-state index in [0.29, 0.717) is 12.8 Å². The van der Waals surface area contributed by atoms with Gasteiger partial charge in [0, 0.05) is 13.3 Å². The average molecular weight is 212 g/mol. The van der Waals surface area contributed by atoms with Crippen molar-refractivity contribution in [2.24, 2.45) is 5.92 Å². The summed E-state index contributed by atoms with van der Waals surface area (Å²) in [6.45, 7) is 1.39. The summed E-state index contributed by atoms with van der Waals surface area (Å²) in [4.78, 5) is 21.8. The Morgan fingerprint density at radius 3 is 2.80 bits per heavy atom. The van der Waals surface area contributed by atoms with E-state index in [0.717, 1.165) is 6.42 Å². The van der Waals surface area contributed by atoms with E-state index < -0.39 is 0 Å². The van der Waals surface area contributed by atoms with Crippen molar-refractivity contribution in [3.8, 4) is 0 Å². The highest BCUT2D eigenvalue weighted by Gasteiger charge is 2.22. The van der Waals surface area contributed by atoms with E-state index in [-0.39, 0.29) is 24.0 Å². The van der Waals surface area contributed by atoms with Gasteiger partial charge >= 0.3 is 11.9 Å². The maximum Gasteiger partial charge on any atom is 0.305 e. The van der Waals surface area contributed by atoms with Crippen molar-refractivity contribution in [1.29, 1.82) is 0 Å². The van der Waals surface area contributed by atoms with Gasteiger partial charge in [0.2, 0.25) is 0 Å². The number of ether oxygens (including phenoxy) is 2. The molecule has 2 atom stereocenters. The van der Waals surface area contributed by atoms with Crippen LogP contribution in [-0.4, -0.2) is 25.2 Å². The van der Waals surface area contributed by atoms with Crippen LogP contribution < -0.4 is 0 Å². The molecule has 0 saturated heterocycles. The van der Waals surface area contributed by atoms with E-state index in [1.54, 1.807) is 0 Å². The maximum atomic E-state index is 11.1. The highest BCUT2D eigenvalue weighted by atomic mass is 16.5. The molecule has 0 aromatic heterocycles. The van der Waals surface area contributed by atoms with Crippen LogP contribution in [0.2, 0.25) is 0 Å². The van der Waals surface area contributed by atoms with Crippen molar-refractivity contribution in [2.75, 3.05) is 7.11 Å². The minimum absolute atomic E-state index is 0.189. The molecule has 0 spiro atoms. The fraction of sp³-hybridized carbons (Fsp3) is 0.636. The van der Waals surface area contributed by atoms with E-state index in [4.69, 9.17) is 4.74 Å². The number of carbonyl (C=O) groups is 2. The van der Waals surface area contributed by atoms with Gasteiger partial charge in [-0.15, -0.1) is 0 Å². The van der Waals surface area contributed by atoms with E-state index in [2.05, 4.69) is 4.74 Å². The van der Waals surface area contributed by atoms with Crippen LogP contribution in [0.25, 0.3) is 0 Å². The minimum atomic E-state index is -0.289. The molecule has 1 aliphatic rings. The van der Waals surface area contributed by atoms with Crippen LogP contribution in [0.4, 0.5) is 0 Å². The fourth-order valence-electron chi connectivity index (χ4n) is 1.71. The number of rotatable bonds is 3. The van der Waals surface area contributed by atoms with Gasteiger partial charge < -0.3 is 9.47 Å². The molecule has 1 rings (SSSR count). The summed E-state index contributed by atoms with van der Waals surface area (Å²) in [6, 6.07) is 0. The van der Waals surface area contributed by atoms with Crippen molar-refractivity contribution in [2.45, 2.75) is 32.3 Å². The molecule has 0 bridgehead atoms. The van der Waals surface area contributed by atoms with Crippen molar-refractivity contribution in [3.63, 3.8) is 0 Å². The first-order valence-electron chi connectivity index (χ1n) is 5.02. The number of hydrogen-bond acceptors (Lipinski definition) is 4. The molecule has 0 amide bonds. The van der Waals surface area contributed by atoms with Gasteiger partial charge in [0.25, 0.3) is 0 Å². The second-order valence-electron chi connectivity index (χ2n) is 3.69. The molecule has 0 unspecified atom stereocenters. The van der Waals surface area contributed by atoms with Crippen LogP contribution in [0.15, 0.2) is 12.2 Å². The third kappa shape index (κ3) is 4.14. The Kier molecular flexibility index (Phi) is 4.34. The molecule has 84 valence electrons. The van der Waals surface area contributed by atoms with Gasteiger partial charge in [-0.3, -0.25) is 9.59 Å². The van der Waals surface area contributed by atoms with Gasteiger partial charge in [-0.1, -0.05) is 6.08 Å². The molecule has 4 heteroatoms. The van der Waals surface area contributed by atoms with Crippen LogP contribution in [0.3, 0.4) is 0 Å². The normalized spacial score (nSPS) is 24.7. The molecule has 4 nitrogen and oxygen atoms in total. The van der Waals surface area contributed by atoms with E-state index in [1.165, 1.54) is 14.0 Å². The lowest BCUT2D eigenvalue weighted by atomic mass is 9.90. The van der Waals surface area contributed by atoms with Gasteiger partial charge in [-0.25, -0.2) is 0 Å². The molecule has 1 aliphatic carbocycles. The highest BCUT2D eigenvalue weighted by Crippen LogP contribution is 2.24. The summed E-state index contributed by atoms with van der Waals surface area (Å²) in [5.74, 6) is -0.285. The maximum absolute atomic E-state index is 11.1. The smallest absolute Gasteiger partial charge is 0.305 e. The molecule has 0 saturated carbocycles. The Labute approximate surface area is 89.2 Å². The molecule has 0 N–H and O–H groups in total. The third-order valence-electron chi connectivity index (χ3n) is 2.39. The second kappa shape index (κ2) is 5.53. The SMILES string of the molecule is COC(=O)C[C@@H]1CC=C[C@H](OC(C)=O)C1. The van der Waals surface area contributed by atoms with Crippen molar-refractivity contribution < 1.29 is 19.1 Å². The molecule has 0 heterocycles. The van der Waals surface area contributed by atoms with Crippen molar-refractivity contribution in [1.82, 2.24) is 0 Å². The number of hydrogen-bond donors (Lipinski definition) is 0. The molecule has 0 aromatic rings. The standard InChI is InChI=1S/C11H16O4/c1-8(12)15-10-5-3-4-9(6-10)7-11(13)14-2/h3,5,9-10H,4,6-7H2,1-2H3/t9-,10+/m1/s1. The first-order valence-corrected chi connectivity index (χ1v) is 5.02. The van der Waals surface area contributed by atoms with Crippen LogP contribution in [0.1, 0.15) is 26.2 Å². The van der Waals surface area contributed by atoms with Crippen LogP contribution in [-0.2, 0) is 19.1 Å². The summed E-state index contributed by atoms with van der Waals surface area (Å²) < 4.78 is 9.66. The molecule has 15 heavy (non-hydrogen) atoms. The first-order chi connectivity index (χ1) is 7.11. The van der Waals surface area contributed by atoms with Gasteiger partial charge in [0.1, 0.15) is 6.10 Å². The second-order valence-corrected chi connectivity index (χ2v) is 3.69. The Morgan fingerprint density at radius 2 is 2.20 bits per heavy atom. The predicted octanol–water partition coefficient (Wildman–Crippen LogP) is 1.45. The van der Waals surface area contributed by atoms with Crippen LogP contribution in [0, 0.1) is 5.92 Å². The number of carbonyl (C=O) groups excluding carboxylic acids is 2. The third-order valence-corrected chi connectivity index (χ3v) is 2.39. The van der Waals surface area contributed by atoms with Crippen LogP contribution in [0.5, 0.6) is 0 Å². The van der Waals surface area contributed by atoms with Gasteiger partial charge in [0.05, 0.1) is 7.11 Å². The fourth-order valence-corrected chi connectivity index (χ4v) is 1.71. The lowest BCUT2D eigenvalue weighted by Gasteiger charge is -2.23. The first kappa shape index (κ1) is 11.8.